The van der Waals surface area contributed by atoms with Gasteiger partial charge in [0.05, 0.1) is 10.0 Å². The maximum Gasteiger partial charge on any atom is 0.256 e. The average molecular weight is 393 g/mol. The molecule has 1 aromatic carbocycles. The molecule has 0 bridgehead atoms. The van der Waals surface area contributed by atoms with E-state index < -0.39 is 0 Å². The summed E-state index contributed by atoms with van der Waals surface area (Å²) < 4.78 is 0.899. The number of benzene rings is 1. The second-order valence-electron chi connectivity index (χ2n) is 3.44. The summed E-state index contributed by atoms with van der Waals surface area (Å²) in [4.78, 5) is 15.9. The number of carbonyl (C=O) groups is 1. The van der Waals surface area contributed by atoms with Gasteiger partial charge < -0.3 is 5.32 Å². The smallest absolute Gasteiger partial charge is 0.256 e. The molecule has 92 valence electrons. The number of nitrogens with one attached hydrogen (secondary N) is 1. The zero-order valence-corrected chi connectivity index (χ0v) is 12.6. The van der Waals surface area contributed by atoms with E-state index in [0.717, 1.165) is 3.57 Å². The van der Waals surface area contributed by atoms with Crippen LogP contribution in [0.2, 0.25) is 10.0 Å². The first-order valence-electron chi connectivity index (χ1n) is 4.94. The van der Waals surface area contributed by atoms with Crippen LogP contribution < -0.4 is 5.32 Å². The van der Waals surface area contributed by atoms with Crippen LogP contribution in [0.5, 0.6) is 0 Å². The first-order chi connectivity index (χ1) is 8.56. The largest absolute Gasteiger partial charge is 0.307 e. The van der Waals surface area contributed by atoms with Gasteiger partial charge in [-0.15, -0.1) is 0 Å². The molecule has 0 fully saturated rings. The van der Waals surface area contributed by atoms with E-state index in [9.17, 15) is 4.79 Å². The first kappa shape index (κ1) is 13.6. The number of rotatable bonds is 2. The number of hydrogen-bond donors (Lipinski definition) is 1. The molecule has 2 aromatic rings. The monoisotopic (exact) mass is 392 g/mol. The van der Waals surface area contributed by atoms with Crippen LogP contribution in [-0.2, 0) is 0 Å². The van der Waals surface area contributed by atoms with E-state index in [-0.39, 0.29) is 5.91 Å². The predicted octanol–water partition coefficient (Wildman–Crippen LogP) is 4.25. The quantitative estimate of drug-likeness (QED) is 0.776. The van der Waals surface area contributed by atoms with Gasteiger partial charge in [0, 0.05) is 15.3 Å². The predicted molar refractivity (Wildman–Crippen MR) is 81.4 cm³/mol. The van der Waals surface area contributed by atoms with Crippen molar-refractivity contribution < 1.29 is 4.79 Å². The molecule has 1 heterocycles. The lowest BCUT2D eigenvalue weighted by Crippen LogP contribution is -2.12. The minimum Gasteiger partial charge on any atom is -0.307 e. The highest BCUT2D eigenvalue weighted by Crippen LogP contribution is 2.20. The normalized spacial score (nSPS) is 10.2. The molecule has 3 nitrogen and oxygen atoms in total. The molecule has 0 aliphatic carbocycles. The minimum atomic E-state index is -0.261. The Balaban J connectivity index is 2.16. The molecule has 2 rings (SSSR count). The van der Waals surface area contributed by atoms with E-state index >= 15 is 0 Å². The maximum atomic E-state index is 11.9. The Hall–Kier alpha value is -0.850. The van der Waals surface area contributed by atoms with Gasteiger partial charge in [-0.1, -0.05) is 23.2 Å². The van der Waals surface area contributed by atoms with Crippen LogP contribution in [0, 0.1) is 3.57 Å². The molecule has 0 saturated heterocycles. The van der Waals surface area contributed by atoms with E-state index in [1.165, 1.54) is 6.20 Å². The van der Waals surface area contributed by atoms with Gasteiger partial charge in [0.2, 0.25) is 0 Å². The molecule has 0 atom stereocenters. The molecule has 0 unspecified atom stereocenters. The van der Waals surface area contributed by atoms with Gasteiger partial charge in [-0.05, 0) is 52.9 Å². The summed E-state index contributed by atoms with van der Waals surface area (Å²) in [6.45, 7) is 0. The minimum absolute atomic E-state index is 0.261. The van der Waals surface area contributed by atoms with Gasteiger partial charge in [0.15, 0.2) is 0 Å². The number of carbonyl (C=O) groups excluding carboxylic acids is 1. The van der Waals surface area contributed by atoms with Crippen LogP contribution in [0.1, 0.15) is 10.4 Å². The number of aromatic nitrogens is 1. The average Bonchev–Trinajstić information content (AvgIpc) is 2.35. The standard InChI is InChI=1S/C12H7Cl2IN2O/c13-8-2-4-11(16-6-8)17-12(18)7-1-3-10(15)9(14)5-7/h1-6H,(H,16,17,18). The number of halogens is 3. The zero-order valence-electron chi connectivity index (χ0n) is 8.95. The van der Waals surface area contributed by atoms with Crippen LogP contribution in [0.4, 0.5) is 5.82 Å². The van der Waals surface area contributed by atoms with Crippen molar-refractivity contribution >= 4 is 57.5 Å². The Labute approximate surface area is 128 Å². The number of amides is 1. The van der Waals surface area contributed by atoms with E-state index in [1.54, 1.807) is 30.3 Å². The van der Waals surface area contributed by atoms with Crippen LogP contribution in [0.25, 0.3) is 0 Å². The number of anilines is 1. The van der Waals surface area contributed by atoms with Crippen molar-refractivity contribution in [1.29, 1.82) is 0 Å². The molecule has 6 heteroatoms. The van der Waals surface area contributed by atoms with Gasteiger partial charge >= 0.3 is 0 Å². The molecule has 1 amide bonds. The fraction of sp³-hybridized carbons (Fsp3) is 0. The van der Waals surface area contributed by atoms with Crippen molar-refractivity contribution in [3.8, 4) is 0 Å². The van der Waals surface area contributed by atoms with Gasteiger partial charge in [-0.2, -0.15) is 0 Å². The van der Waals surface area contributed by atoms with E-state index in [2.05, 4.69) is 32.9 Å². The third kappa shape index (κ3) is 3.34. The SMILES string of the molecule is O=C(Nc1ccc(Cl)cn1)c1ccc(I)c(Cl)c1. The molecule has 0 spiro atoms. The fourth-order valence-corrected chi connectivity index (χ4v) is 1.90. The van der Waals surface area contributed by atoms with E-state index in [1.807, 2.05) is 0 Å². The summed E-state index contributed by atoms with van der Waals surface area (Å²) in [5.41, 5.74) is 0.483. The fourth-order valence-electron chi connectivity index (χ4n) is 1.28. The molecule has 18 heavy (non-hydrogen) atoms. The topological polar surface area (TPSA) is 42.0 Å². The van der Waals surface area contributed by atoms with Crippen LogP contribution in [0.3, 0.4) is 0 Å². The summed E-state index contributed by atoms with van der Waals surface area (Å²) in [5.74, 6) is 0.183. The van der Waals surface area contributed by atoms with E-state index in [4.69, 9.17) is 23.2 Å². The highest BCUT2D eigenvalue weighted by Gasteiger charge is 2.08. The number of nitrogens with zero attached hydrogens (tertiary/aromatic N) is 1. The van der Waals surface area contributed by atoms with Crippen molar-refractivity contribution in [1.82, 2.24) is 4.98 Å². The molecular weight excluding hydrogens is 386 g/mol. The van der Waals surface area contributed by atoms with Crippen LogP contribution in [0.15, 0.2) is 36.5 Å². The van der Waals surface area contributed by atoms with Crippen molar-refractivity contribution in [3.63, 3.8) is 0 Å². The van der Waals surface area contributed by atoms with Gasteiger partial charge in [-0.25, -0.2) is 4.98 Å². The van der Waals surface area contributed by atoms with Gasteiger partial charge in [0.1, 0.15) is 5.82 Å². The van der Waals surface area contributed by atoms with Crippen LogP contribution in [-0.4, -0.2) is 10.9 Å². The third-order valence-corrected chi connectivity index (χ3v) is 3.95. The lowest BCUT2D eigenvalue weighted by Gasteiger charge is -2.05. The van der Waals surface area contributed by atoms with Crippen molar-refractivity contribution in [3.05, 3.63) is 55.7 Å². The second-order valence-corrected chi connectivity index (χ2v) is 5.45. The summed E-state index contributed by atoms with van der Waals surface area (Å²) in [5, 5.41) is 3.73. The Kier molecular flexibility index (Phi) is 4.42. The Morgan fingerprint density at radius 2 is 2.00 bits per heavy atom. The highest BCUT2D eigenvalue weighted by atomic mass is 127. The Morgan fingerprint density at radius 3 is 2.61 bits per heavy atom. The molecule has 0 saturated carbocycles. The summed E-state index contributed by atoms with van der Waals surface area (Å²) in [7, 11) is 0. The summed E-state index contributed by atoms with van der Waals surface area (Å²) in [6, 6.07) is 8.40. The van der Waals surface area contributed by atoms with Crippen molar-refractivity contribution in [2.75, 3.05) is 5.32 Å². The Bertz CT molecular complexity index is 587. The van der Waals surface area contributed by atoms with Crippen molar-refractivity contribution in [2.45, 2.75) is 0 Å². The maximum absolute atomic E-state index is 11.9. The molecule has 0 aliphatic rings. The zero-order chi connectivity index (χ0) is 13.1. The lowest BCUT2D eigenvalue weighted by atomic mass is 10.2. The van der Waals surface area contributed by atoms with Crippen LogP contribution >= 0.6 is 45.8 Å². The summed E-state index contributed by atoms with van der Waals surface area (Å²) in [6.07, 6.45) is 1.47. The van der Waals surface area contributed by atoms with Gasteiger partial charge in [0.25, 0.3) is 5.91 Å². The second kappa shape index (κ2) is 5.86. The first-order valence-corrected chi connectivity index (χ1v) is 6.77. The highest BCUT2D eigenvalue weighted by molar-refractivity contribution is 14.1. The third-order valence-electron chi connectivity index (χ3n) is 2.15. The molecular formula is C12H7Cl2IN2O. The molecule has 1 aromatic heterocycles. The summed E-state index contributed by atoms with van der Waals surface area (Å²) >= 11 is 13.8. The number of hydrogen-bond acceptors (Lipinski definition) is 2. The molecule has 0 radical (unpaired) electrons. The molecule has 0 aliphatic heterocycles. The van der Waals surface area contributed by atoms with Crippen molar-refractivity contribution in [2.24, 2.45) is 0 Å². The number of pyridine rings is 1. The van der Waals surface area contributed by atoms with E-state index in [0.29, 0.717) is 21.4 Å². The lowest BCUT2D eigenvalue weighted by molar-refractivity contribution is 0.102. The Morgan fingerprint density at radius 1 is 1.22 bits per heavy atom. The molecule has 1 N–H and O–H groups in total. The van der Waals surface area contributed by atoms with Gasteiger partial charge in [-0.3, -0.25) is 4.79 Å².